The normalized spacial score (nSPS) is 13.2. The standard InChI is InChI=1S/C28H59N2O5P/c1-5-7-8-9-10-11-12-13-14-15-16-17-18-19-20-21-22-23-27(35-28(31)29-6-2)26-34-36(32)33-25-24-30(3)4/h27,32H,5-26H2,1-4H3,(H,29,31)/p+1. The largest absolute Gasteiger partial charge is 0.444 e. The highest BCUT2D eigenvalue weighted by molar-refractivity contribution is 7.40. The second-order valence-corrected chi connectivity index (χ2v) is 11.3. The Bertz CT molecular complexity index is 471. The van der Waals surface area contributed by atoms with Crippen molar-refractivity contribution in [2.45, 2.75) is 136 Å². The van der Waals surface area contributed by atoms with Crippen LogP contribution >= 0.6 is 8.60 Å². The molecule has 0 aromatic rings. The van der Waals surface area contributed by atoms with E-state index in [0.717, 1.165) is 25.8 Å². The molecule has 0 saturated heterocycles. The molecule has 216 valence electrons. The van der Waals surface area contributed by atoms with E-state index in [9.17, 15) is 9.69 Å². The number of unbranched alkanes of at least 4 members (excludes halogenated alkanes) is 16. The van der Waals surface area contributed by atoms with Gasteiger partial charge >= 0.3 is 14.7 Å². The highest BCUT2D eigenvalue weighted by Crippen LogP contribution is 2.32. The first-order valence-electron chi connectivity index (χ1n) is 15.0. The summed E-state index contributed by atoms with van der Waals surface area (Å²) >= 11 is 0. The van der Waals surface area contributed by atoms with Crippen LogP contribution in [0.5, 0.6) is 0 Å². The van der Waals surface area contributed by atoms with Crippen LogP contribution in [0.25, 0.3) is 0 Å². The van der Waals surface area contributed by atoms with E-state index < -0.39 is 14.7 Å². The third kappa shape index (κ3) is 26.6. The SMILES string of the molecule is CCCCCCCCCCCCCCCCCCCC(COP(O)OCC[NH+](C)C)OC(=O)NCC. The number of hydrogen-bond acceptors (Lipinski definition) is 5. The Morgan fingerprint density at radius 1 is 0.778 bits per heavy atom. The minimum atomic E-state index is -1.94. The maximum atomic E-state index is 11.8. The maximum Gasteiger partial charge on any atom is 0.407 e. The Balaban J connectivity index is 3.73. The smallest absolute Gasteiger partial charge is 0.407 e. The fourth-order valence-electron chi connectivity index (χ4n) is 4.12. The summed E-state index contributed by atoms with van der Waals surface area (Å²) in [7, 11) is 2.11. The molecule has 7 nitrogen and oxygen atoms in total. The summed E-state index contributed by atoms with van der Waals surface area (Å²) in [6.45, 7) is 6.05. The predicted octanol–water partition coefficient (Wildman–Crippen LogP) is 6.54. The highest BCUT2D eigenvalue weighted by atomic mass is 31.2. The van der Waals surface area contributed by atoms with Gasteiger partial charge in [0.15, 0.2) is 0 Å². The first-order chi connectivity index (χ1) is 17.5. The van der Waals surface area contributed by atoms with E-state index in [1.54, 1.807) is 0 Å². The van der Waals surface area contributed by atoms with Crippen molar-refractivity contribution >= 4 is 14.7 Å². The lowest BCUT2D eigenvalue weighted by atomic mass is 10.0. The lowest BCUT2D eigenvalue weighted by molar-refractivity contribution is -0.858. The second kappa shape index (κ2) is 27.6. The molecule has 0 rings (SSSR count). The fourth-order valence-corrected chi connectivity index (χ4v) is 4.74. The van der Waals surface area contributed by atoms with Gasteiger partial charge in [-0.25, -0.2) is 4.79 Å². The monoisotopic (exact) mass is 535 g/mol. The molecule has 0 aliphatic carbocycles. The van der Waals surface area contributed by atoms with Crippen LogP contribution in [0.3, 0.4) is 0 Å². The molecular formula is C28H60N2O5P+. The van der Waals surface area contributed by atoms with E-state index in [0.29, 0.717) is 13.2 Å². The number of rotatable bonds is 27. The molecule has 0 radical (unpaired) electrons. The summed E-state index contributed by atoms with van der Waals surface area (Å²) in [5, 5.41) is 2.66. The van der Waals surface area contributed by atoms with E-state index >= 15 is 0 Å². The van der Waals surface area contributed by atoms with Gasteiger partial charge in [-0.1, -0.05) is 110 Å². The molecule has 0 heterocycles. The van der Waals surface area contributed by atoms with Crippen molar-refractivity contribution in [2.24, 2.45) is 0 Å². The molecule has 2 unspecified atom stereocenters. The van der Waals surface area contributed by atoms with Gasteiger partial charge in [-0.15, -0.1) is 0 Å². The van der Waals surface area contributed by atoms with Gasteiger partial charge in [-0.05, 0) is 19.8 Å². The number of carbonyl (C=O) groups excluding carboxylic acids is 1. The number of alkyl carbamates (subject to hydrolysis) is 1. The van der Waals surface area contributed by atoms with Gasteiger partial charge in [0.05, 0.1) is 20.7 Å². The lowest BCUT2D eigenvalue weighted by Crippen LogP contribution is -3.06. The summed E-state index contributed by atoms with van der Waals surface area (Å²) in [5.41, 5.74) is 0. The molecule has 3 N–H and O–H groups in total. The molecule has 0 saturated carbocycles. The van der Waals surface area contributed by atoms with Crippen LogP contribution in [-0.2, 0) is 13.8 Å². The summed E-state index contributed by atoms with van der Waals surface area (Å²) in [5.74, 6) is 0. The minimum Gasteiger partial charge on any atom is -0.444 e. The number of nitrogens with one attached hydrogen (secondary N) is 2. The van der Waals surface area contributed by atoms with Gasteiger partial charge in [0, 0.05) is 6.54 Å². The summed E-state index contributed by atoms with van der Waals surface area (Å²) in [6.07, 6.45) is 22.7. The van der Waals surface area contributed by atoms with Gasteiger partial charge in [-0.2, -0.15) is 0 Å². The van der Waals surface area contributed by atoms with E-state index in [1.807, 2.05) is 21.0 Å². The molecule has 0 spiro atoms. The summed E-state index contributed by atoms with van der Waals surface area (Å²) < 4.78 is 16.2. The van der Waals surface area contributed by atoms with Crippen LogP contribution in [0.2, 0.25) is 0 Å². The third-order valence-corrected chi connectivity index (χ3v) is 7.17. The first-order valence-corrected chi connectivity index (χ1v) is 16.1. The van der Waals surface area contributed by atoms with Crippen molar-refractivity contribution < 1.29 is 28.4 Å². The molecule has 0 aromatic carbocycles. The predicted molar refractivity (Wildman–Crippen MR) is 151 cm³/mol. The number of ether oxygens (including phenoxy) is 1. The molecule has 0 fully saturated rings. The van der Waals surface area contributed by atoms with Crippen LogP contribution in [0.4, 0.5) is 4.79 Å². The number of quaternary nitrogens is 1. The zero-order valence-electron chi connectivity index (χ0n) is 24.2. The molecule has 0 aliphatic rings. The number of carbonyl (C=O) groups is 1. The second-order valence-electron chi connectivity index (χ2n) is 10.3. The molecule has 8 heteroatoms. The molecule has 0 bridgehead atoms. The summed E-state index contributed by atoms with van der Waals surface area (Å²) in [6, 6.07) is 0. The van der Waals surface area contributed by atoms with Crippen molar-refractivity contribution in [1.29, 1.82) is 0 Å². The average molecular weight is 536 g/mol. The van der Waals surface area contributed by atoms with Gasteiger partial charge in [0.25, 0.3) is 0 Å². The molecule has 1 amide bonds. The topological polar surface area (TPSA) is 81.5 Å². The molecule has 0 aromatic heterocycles. The van der Waals surface area contributed by atoms with Crippen molar-refractivity contribution in [3.05, 3.63) is 0 Å². The van der Waals surface area contributed by atoms with Gasteiger partial charge in [0.1, 0.15) is 19.3 Å². The Hall–Kier alpha value is -0.460. The molecular weight excluding hydrogens is 475 g/mol. The molecule has 2 atom stereocenters. The minimum absolute atomic E-state index is 0.160. The average Bonchev–Trinajstić information content (AvgIpc) is 2.84. The van der Waals surface area contributed by atoms with Crippen molar-refractivity contribution in [3.63, 3.8) is 0 Å². The number of amides is 1. The van der Waals surface area contributed by atoms with Crippen molar-refractivity contribution in [1.82, 2.24) is 5.32 Å². The number of likely N-dealkylation sites (N-methyl/N-ethyl adjacent to an activating group) is 1. The van der Waals surface area contributed by atoms with E-state index in [-0.39, 0.29) is 12.7 Å². The van der Waals surface area contributed by atoms with Crippen LogP contribution in [0.15, 0.2) is 0 Å². The maximum absolute atomic E-state index is 11.8. The van der Waals surface area contributed by atoms with Crippen LogP contribution in [-0.4, -0.2) is 57.5 Å². The quantitative estimate of drug-likeness (QED) is 0.0822. The molecule has 0 aliphatic heterocycles. The summed E-state index contributed by atoms with van der Waals surface area (Å²) in [4.78, 5) is 23.0. The zero-order chi connectivity index (χ0) is 26.7. The van der Waals surface area contributed by atoms with Crippen LogP contribution in [0.1, 0.15) is 129 Å². The first kappa shape index (κ1) is 35.5. The van der Waals surface area contributed by atoms with Gasteiger partial charge < -0.3 is 28.9 Å². The Morgan fingerprint density at radius 2 is 1.25 bits per heavy atom. The Kier molecular flexibility index (Phi) is 27.2. The van der Waals surface area contributed by atoms with Gasteiger partial charge in [-0.3, -0.25) is 0 Å². The van der Waals surface area contributed by atoms with Crippen molar-refractivity contribution in [3.8, 4) is 0 Å². The van der Waals surface area contributed by atoms with Crippen LogP contribution in [0, 0.1) is 0 Å². The molecule has 36 heavy (non-hydrogen) atoms. The van der Waals surface area contributed by atoms with E-state index in [2.05, 4.69) is 12.2 Å². The Labute approximate surface area is 224 Å². The zero-order valence-corrected chi connectivity index (χ0v) is 25.1. The number of hydrogen-bond donors (Lipinski definition) is 3. The Morgan fingerprint density at radius 3 is 1.69 bits per heavy atom. The van der Waals surface area contributed by atoms with Crippen LogP contribution < -0.4 is 10.2 Å². The lowest BCUT2D eigenvalue weighted by Gasteiger charge is -2.19. The van der Waals surface area contributed by atoms with E-state index in [1.165, 1.54) is 101 Å². The fraction of sp³-hybridized carbons (Fsp3) is 0.964. The third-order valence-electron chi connectivity index (χ3n) is 6.40. The van der Waals surface area contributed by atoms with Crippen molar-refractivity contribution in [2.75, 3.05) is 40.4 Å². The highest BCUT2D eigenvalue weighted by Gasteiger charge is 2.18. The van der Waals surface area contributed by atoms with Gasteiger partial charge in [0.2, 0.25) is 0 Å². The van der Waals surface area contributed by atoms with E-state index in [4.69, 9.17) is 13.8 Å².